The van der Waals surface area contributed by atoms with E-state index in [0.29, 0.717) is 6.42 Å². The Kier molecular flexibility index (Phi) is 2.81. The second-order valence-electron chi connectivity index (χ2n) is 4.55. The van der Waals surface area contributed by atoms with Crippen LogP contribution in [0, 0.1) is 0 Å². The van der Waals surface area contributed by atoms with Crippen LogP contribution in [0.4, 0.5) is 0 Å². The van der Waals surface area contributed by atoms with E-state index < -0.39 is 0 Å². The minimum atomic E-state index is 0.248. The Hall–Kier alpha value is -2.15. The number of Topliss-reactive ketones (excluding diaryl/α,β-unsaturated/α-hetero) is 1. The molecule has 2 aromatic rings. The van der Waals surface area contributed by atoms with Crippen molar-refractivity contribution >= 4 is 17.4 Å². The maximum atomic E-state index is 12.1. The molecule has 1 heteroatoms. The fourth-order valence-corrected chi connectivity index (χ4v) is 2.41. The van der Waals surface area contributed by atoms with Gasteiger partial charge in [-0.2, -0.15) is 0 Å². The zero-order valence-electron chi connectivity index (χ0n) is 10.1. The van der Waals surface area contributed by atoms with Crippen molar-refractivity contribution < 1.29 is 4.79 Å². The van der Waals surface area contributed by atoms with Crippen LogP contribution in [-0.2, 0) is 11.2 Å². The first-order valence-electron chi connectivity index (χ1n) is 6.23. The second-order valence-corrected chi connectivity index (χ2v) is 4.55. The lowest BCUT2D eigenvalue weighted by molar-refractivity contribution is -0.113. The lowest BCUT2D eigenvalue weighted by Gasteiger charge is -2.17. The standard InChI is InChI=1S/C17H14O/c18-17-11-10-14-8-4-5-9-15(14)16(17)12-13-6-2-1-3-7-13/h1-9,12H,10-11H2. The molecule has 0 spiro atoms. The van der Waals surface area contributed by atoms with E-state index in [9.17, 15) is 4.79 Å². The first kappa shape index (κ1) is 11.0. The van der Waals surface area contributed by atoms with Crippen molar-refractivity contribution in [2.75, 3.05) is 0 Å². The number of allylic oxidation sites excluding steroid dienone is 1. The third-order valence-corrected chi connectivity index (χ3v) is 3.34. The van der Waals surface area contributed by atoms with E-state index in [1.807, 2.05) is 54.6 Å². The first-order valence-corrected chi connectivity index (χ1v) is 6.23. The SMILES string of the molecule is O=C1CCc2ccccc2C1=Cc1ccccc1. The van der Waals surface area contributed by atoms with Gasteiger partial charge in [0.2, 0.25) is 0 Å². The van der Waals surface area contributed by atoms with E-state index in [2.05, 4.69) is 6.07 Å². The number of fused-ring (bicyclic) bond motifs is 1. The highest BCUT2D eigenvalue weighted by atomic mass is 16.1. The zero-order valence-corrected chi connectivity index (χ0v) is 10.1. The summed E-state index contributed by atoms with van der Waals surface area (Å²) in [5, 5.41) is 0. The highest BCUT2D eigenvalue weighted by Crippen LogP contribution is 2.29. The summed E-state index contributed by atoms with van der Waals surface area (Å²) in [6, 6.07) is 18.2. The van der Waals surface area contributed by atoms with Crippen molar-refractivity contribution in [3.8, 4) is 0 Å². The summed E-state index contributed by atoms with van der Waals surface area (Å²) in [6.45, 7) is 0. The molecule has 1 nitrogen and oxygen atoms in total. The topological polar surface area (TPSA) is 17.1 Å². The van der Waals surface area contributed by atoms with Gasteiger partial charge in [0.1, 0.15) is 0 Å². The molecule has 88 valence electrons. The van der Waals surface area contributed by atoms with E-state index in [1.54, 1.807) is 0 Å². The van der Waals surface area contributed by atoms with Gasteiger partial charge < -0.3 is 0 Å². The van der Waals surface area contributed by atoms with Crippen molar-refractivity contribution in [3.63, 3.8) is 0 Å². The number of hydrogen-bond acceptors (Lipinski definition) is 1. The van der Waals surface area contributed by atoms with E-state index in [1.165, 1.54) is 5.56 Å². The molecule has 0 aromatic heterocycles. The highest BCUT2D eigenvalue weighted by molar-refractivity contribution is 6.26. The number of rotatable bonds is 1. The summed E-state index contributed by atoms with van der Waals surface area (Å²) in [4.78, 5) is 12.1. The highest BCUT2D eigenvalue weighted by Gasteiger charge is 2.20. The van der Waals surface area contributed by atoms with Gasteiger partial charge in [-0.3, -0.25) is 4.79 Å². The molecule has 0 atom stereocenters. The number of hydrogen-bond donors (Lipinski definition) is 0. The minimum Gasteiger partial charge on any atom is -0.294 e. The van der Waals surface area contributed by atoms with E-state index in [4.69, 9.17) is 0 Å². The molecule has 0 N–H and O–H groups in total. The van der Waals surface area contributed by atoms with Gasteiger partial charge in [-0.05, 0) is 29.2 Å². The summed E-state index contributed by atoms with van der Waals surface area (Å²) >= 11 is 0. The second kappa shape index (κ2) is 4.61. The molecule has 3 rings (SSSR count). The fourth-order valence-electron chi connectivity index (χ4n) is 2.41. The van der Waals surface area contributed by atoms with Crippen LogP contribution in [-0.4, -0.2) is 5.78 Å². The summed E-state index contributed by atoms with van der Waals surface area (Å²) in [5.74, 6) is 0.248. The molecule has 0 saturated heterocycles. The van der Waals surface area contributed by atoms with Crippen LogP contribution >= 0.6 is 0 Å². The summed E-state index contributed by atoms with van der Waals surface area (Å²) in [6.07, 6.45) is 3.48. The minimum absolute atomic E-state index is 0.248. The largest absolute Gasteiger partial charge is 0.294 e. The number of ketones is 1. The van der Waals surface area contributed by atoms with Gasteiger partial charge in [-0.1, -0.05) is 54.6 Å². The smallest absolute Gasteiger partial charge is 0.163 e. The maximum Gasteiger partial charge on any atom is 0.163 e. The van der Waals surface area contributed by atoms with Gasteiger partial charge in [-0.25, -0.2) is 0 Å². The molecule has 1 aliphatic carbocycles. The Morgan fingerprint density at radius 2 is 1.56 bits per heavy atom. The Bertz CT molecular complexity index is 609. The average Bonchev–Trinajstić information content (AvgIpc) is 2.43. The Labute approximate surface area is 107 Å². The molecule has 0 saturated carbocycles. The molecular formula is C17H14O. The van der Waals surface area contributed by atoms with Crippen molar-refractivity contribution in [2.24, 2.45) is 0 Å². The van der Waals surface area contributed by atoms with Crippen LogP contribution in [0.5, 0.6) is 0 Å². The van der Waals surface area contributed by atoms with Crippen molar-refractivity contribution in [1.82, 2.24) is 0 Å². The Morgan fingerprint density at radius 3 is 2.39 bits per heavy atom. The number of carbonyl (C=O) groups excluding carboxylic acids is 1. The molecule has 0 heterocycles. The van der Waals surface area contributed by atoms with E-state index in [0.717, 1.165) is 23.1 Å². The number of benzene rings is 2. The predicted octanol–water partition coefficient (Wildman–Crippen LogP) is 3.74. The van der Waals surface area contributed by atoms with Crippen LogP contribution in [0.25, 0.3) is 11.6 Å². The molecular weight excluding hydrogens is 220 g/mol. The Balaban J connectivity index is 2.11. The third-order valence-electron chi connectivity index (χ3n) is 3.34. The van der Waals surface area contributed by atoms with Gasteiger partial charge in [-0.15, -0.1) is 0 Å². The predicted molar refractivity (Wildman–Crippen MR) is 74.1 cm³/mol. The van der Waals surface area contributed by atoms with Gasteiger partial charge in [0.15, 0.2) is 5.78 Å². The maximum absolute atomic E-state index is 12.1. The summed E-state index contributed by atoms with van der Waals surface area (Å²) in [5.41, 5.74) is 4.30. The van der Waals surface area contributed by atoms with Crippen LogP contribution in [0.3, 0.4) is 0 Å². The van der Waals surface area contributed by atoms with Crippen molar-refractivity contribution in [3.05, 3.63) is 71.3 Å². The molecule has 0 unspecified atom stereocenters. The number of aryl methyl sites for hydroxylation is 1. The summed E-state index contributed by atoms with van der Waals surface area (Å²) < 4.78 is 0. The van der Waals surface area contributed by atoms with Gasteiger partial charge in [0.25, 0.3) is 0 Å². The molecule has 18 heavy (non-hydrogen) atoms. The molecule has 1 aliphatic rings. The van der Waals surface area contributed by atoms with Crippen LogP contribution in [0.1, 0.15) is 23.1 Å². The molecule has 0 bridgehead atoms. The van der Waals surface area contributed by atoms with Crippen molar-refractivity contribution in [1.29, 1.82) is 0 Å². The van der Waals surface area contributed by atoms with E-state index >= 15 is 0 Å². The number of carbonyl (C=O) groups is 1. The summed E-state index contributed by atoms with van der Waals surface area (Å²) in [7, 11) is 0. The lowest BCUT2D eigenvalue weighted by atomic mass is 9.85. The molecule has 0 radical (unpaired) electrons. The third kappa shape index (κ3) is 2.00. The van der Waals surface area contributed by atoms with Crippen LogP contribution < -0.4 is 0 Å². The van der Waals surface area contributed by atoms with Gasteiger partial charge >= 0.3 is 0 Å². The van der Waals surface area contributed by atoms with Crippen molar-refractivity contribution in [2.45, 2.75) is 12.8 Å². The van der Waals surface area contributed by atoms with Crippen LogP contribution in [0.2, 0.25) is 0 Å². The Morgan fingerprint density at radius 1 is 0.833 bits per heavy atom. The fraction of sp³-hybridized carbons (Fsp3) is 0.118. The lowest BCUT2D eigenvalue weighted by Crippen LogP contribution is -2.12. The first-order chi connectivity index (χ1) is 8.84. The van der Waals surface area contributed by atoms with Gasteiger partial charge in [0.05, 0.1) is 0 Å². The molecule has 0 aliphatic heterocycles. The monoisotopic (exact) mass is 234 g/mol. The zero-order chi connectivity index (χ0) is 12.4. The molecule has 0 amide bonds. The van der Waals surface area contributed by atoms with Crippen LogP contribution in [0.15, 0.2) is 54.6 Å². The normalized spacial score (nSPS) is 16.7. The molecule has 2 aromatic carbocycles. The van der Waals surface area contributed by atoms with E-state index in [-0.39, 0.29) is 5.78 Å². The average molecular weight is 234 g/mol. The molecule has 0 fully saturated rings. The van der Waals surface area contributed by atoms with Gasteiger partial charge in [0, 0.05) is 12.0 Å². The quantitative estimate of drug-likeness (QED) is 0.687.